The quantitative estimate of drug-likeness (QED) is 0.832. The summed E-state index contributed by atoms with van der Waals surface area (Å²) in [6.45, 7) is 0.372. The number of hydrogen-bond acceptors (Lipinski definition) is 3. The Bertz CT molecular complexity index is 540. The van der Waals surface area contributed by atoms with E-state index in [1.807, 2.05) is 0 Å². The van der Waals surface area contributed by atoms with E-state index in [1.165, 1.54) is 0 Å². The Kier molecular flexibility index (Phi) is 6.23. The first-order chi connectivity index (χ1) is 9.96. The Labute approximate surface area is 137 Å². The van der Waals surface area contributed by atoms with Crippen molar-refractivity contribution >= 4 is 29.9 Å². The number of anilines is 1. The molecule has 0 spiro atoms. The van der Waals surface area contributed by atoms with Crippen LogP contribution >= 0.6 is 12.4 Å². The molecule has 6 heteroatoms. The number of carbonyl (C=O) groups is 2. The van der Waals surface area contributed by atoms with E-state index in [4.69, 9.17) is 5.73 Å². The first kappa shape index (κ1) is 18.3. The molecule has 0 aromatic heterocycles. The summed E-state index contributed by atoms with van der Waals surface area (Å²) < 4.78 is 0. The lowest BCUT2D eigenvalue weighted by Gasteiger charge is -2.30. The smallest absolute Gasteiger partial charge is 0.253 e. The Hall–Kier alpha value is -1.75. The topological polar surface area (TPSA) is 75.4 Å². The summed E-state index contributed by atoms with van der Waals surface area (Å²) in [6, 6.07) is 6.96. The van der Waals surface area contributed by atoms with Crippen LogP contribution in [0.5, 0.6) is 0 Å². The lowest BCUT2D eigenvalue weighted by atomic mass is 9.84. The second kappa shape index (κ2) is 7.49. The van der Waals surface area contributed by atoms with Crippen molar-refractivity contribution < 1.29 is 9.59 Å². The summed E-state index contributed by atoms with van der Waals surface area (Å²) in [4.78, 5) is 26.3. The van der Waals surface area contributed by atoms with Crippen molar-refractivity contribution in [3.63, 3.8) is 0 Å². The molecule has 1 aromatic carbocycles. The fourth-order valence-electron chi connectivity index (χ4n) is 3.04. The molecule has 0 aliphatic heterocycles. The van der Waals surface area contributed by atoms with Gasteiger partial charge in [0.15, 0.2) is 0 Å². The third kappa shape index (κ3) is 3.71. The average molecular weight is 326 g/mol. The highest BCUT2D eigenvalue weighted by atomic mass is 35.5. The lowest BCUT2D eigenvalue weighted by molar-refractivity contribution is -0.138. The van der Waals surface area contributed by atoms with Crippen LogP contribution in [0, 0.1) is 5.41 Å². The predicted octanol–water partition coefficient (Wildman–Crippen LogP) is 2.07. The number of nitrogens with zero attached hydrogens (tertiary/aromatic N) is 1. The predicted molar refractivity (Wildman–Crippen MR) is 90.0 cm³/mol. The SMILES string of the molecule is CN(C)C(=O)C1(CNC(=O)c2ccccc2N)CCCC1.Cl. The van der Waals surface area contributed by atoms with Crippen LogP contribution in [-0.2, 0) is 4.79 Å². The summed E-state index contributed by atoms with van der Waals surface area (Å²) >= 11 is 0. The normalized spacial score (nSPS) is 15.7. The number of halogens is 1. The number of amides is 2. The number of benzene rings is 1. The third-order valence-corrected chi connectivity index (χ3v) is 4.21. The Balaban J connectivity index is 0.00000242. The Morgan fingerprint density at radius 3 is 2.36 bits per heavy atom. The number of nitrogens with one attached hydrogen (secondary N) is 1. The molecule has 0 bridgehead atoms. The van der Waals surface area contributed by atoms with Gasteiger partial charge in [0.05, 0.1) is 11.0 Å². The highest BCUT2D eigenvalue weighted by Crippen LogP contribution is 2.39. The zero-order valence-corrected chi connectivity index (χ0v) is 13.9. The van der Waals surface area contributed by atoms with Gasteiger partial charge in [0.25, 0.3) is 5.91 Å². The van der Waals surface area contributed by atoms with E-state index in [0.717, 1.165) is 25.7 Å². The van der Waals surface area contributed by atoms with E-state index in [0.29, 0.717) is 17.8 Å². The molecule has 1 saturated carbocycles. The van der Waals surface area contributed by atoms with Crippen LogP contribution < -0.4 is 11.1 Å². The minimum absolute atomic E-state index is 0. The van der Waals surface area contributed by atoms with Gasteiger partial charge in [-0.1, -0.05) is 25.0 Å². The largest absolute Gasteiger partial charge is 0.398 e. The lowest BCUT2D eigenvalue weighted by Crippen LogP contribution is -2.46. The third-order valence-electron chi connectivity index (χ3n) is 4.21. The standard InChI is InChI=1S/C16H23N3O2.ClH/c1-19(2)15(21)16(9-5-6-10-16)11-18-14(20)12-7-3-4-8-13(12)17;/h3-4,7-8H,5-6,9-11,17H2,1-2H3,(H,18,20);1H. The molecule has 0 atom stereocenters. The summed E-state index contributed by atoms with van der Waals surface area (Å²) in [5, 5.41) is 2.89. The van der Waals surface area contributed by atoms with Crippen molar-refractivity contribution in [1.82, 2.24) is 10.2 Å². The maximum atomic E-state index is 12.4. The van der Waals surface area contributed by atoms with E-state index in [2.05, 4.69) is 5.32 Å². The molecule has 1 fully saturated rings. The van der Waals surface area contributed by atoms with E-state index in [-0.39, 0.29) is 24.2 Å². The van der Waals surface area contributed by atoms with Crippen LogP contribution in [0.3, 0.4) is 0 Å². The van der Waals surface area contributed by atoms with Crippen LogP contribution in [0.1, 0.15) is 36.0 Å². The van der Waals surface area contributed by atoms with Gasteiger partial charge < -0.3 is 16.0 Å². The van der Waals surface area contributed by atoms with Crippen molar-refractivity contribution in [3.8, 4) is 0 Å². The molecule has 1 aromatic rings. The molecule has 0 radical (unpaired) electrons. The number of nitrogens with two attached hydrogens (primary N) is 1. The summed E-state index contributed by atoms with van der Waals surface area (Å²) in [5.74, 6) is -0.118. The van der Waals surface area contributed by atoms with Gasteiger partial charge in [-0.2, -0.15) is 0 Å². The van der Waals surface area contributed by atoms with Crippen molar-refractivity contribution in [2.45, 2.75) is 25.7 Å². The molecule has 0 heterocycles. The van der Waals surface area contributed by atoms with Gasteiger partial charge in [0, 0.05) is 26.3 Å². The Morgan fingerprint density at radius 1 is 1.23 bits per heavy atom. The molecule has 1 aliphatic carbocycles. The van der Waals surface area contributed by atoms with Gasteiger partial charge in [-0.05, 0) is 25.0 Å². The molecule has 0 unspecified atom stereocenters. The number of para-hydroxylation sites is 1. The van der Waals surface area contributed by atoms with Crippen molar-refractivity contribution in [2.75, 3.05) is 26.4 Å². The number of hydrogen-bond donors (Lipinski definition) is 2. The van der Waals surface area contributed by atoms with E-state index >= 15 is 0 Å². The monoisotopic (exact) mass is 325 g/mol. The van der Waals surface area contributed by atoms with Crippen LogP contribution in [0.4, 0.5) is 5.69 Å². The molecule has 0 saturated heterocycles. The molecular formula is C16H24ClN3O2. The zero-order chi connectivity index (χ0) is 15.5. The molecule has 2 amide bonds. The maximum absolute atomic E-state index is 12.4. The van der Waals surface area contributed by atoms with Gasteiger partial charge in [-0.25, -0.2) is 0 Å². The minimum Gasteiger partial charge on any atom is -0.398 e. The molecule has 22 heavy (non-hydrogen) atoms. The second-order valence-corrected chi connectivity index (χ2v) is 5.96. The molecule has 1 aliphatic rings. The van der Waals surface area contributed by atoms with Crippen LogP contribution in [-0.4, -0.2) is 37.4 Å². The maximum Gasteiger partial charge on any atom is 0.253 e. The molecule has 2 rings (SSSR count). The van der Waals surface area contributed by atoms with Crippen LogP contribution in [0.25, 0.3) is 0 Å². The number of carbonyl (C=O) groups excluding carboxylic acids is 2. The van der Waals surface area contributed by atoms with E-state index < -0.39 is 5.41 Å². The molecule has 3 N–H and O–H groups in total. The van der Waals surface area contributed by atoms with E-state index in [1.54, 1.807) is 43.3 Å². The second-order valence-electron chi connectivity index (χ2n) is 5.96. The summed E-state index contributed by atoms with van der Waals surface area (Å²) in [5.41, 5.74) is 6.27. The summed E-state index contributed by atoms with van der Waals surface area (Å²) in [6.07, 6.45) is 3.72. The molecule has 122 valence electrons. The first-order valence-corrected chi connectivity index (χ1v) is 7.31. The van der Waals surface area contributed by atoms with Crippen LogP contribution in [0.2, 0.25) is 0 Å². The number of rotatable bonds is 4. The van der Waals surface area contributed by atoms with Gasteiger partial charge in [0.2, 0.25) is 5.91 Å². The van der Waals surface area contributed by atoms with Crippen LogP contribution in [0.15, 0.2) is 24.3 Å². The zero-order valence-electron chi connectivity index (χ0n) is 13.1. The Morgan fingerprint density at radius 2 is 1.82 bits per heavy atom. The van der Waals surface area contributed by atoms with Gasteiger partial charge >= 0.3 is 0 Å². The molecular weight excluding hydrogens is 302 g/mol. The molecule has 5 nitrogen and oxygen atoms in total. The van der Waals surface area contributed by atoms with Gasteiger partial charge in [0.1, 0.15) is 0 Å². The van der Waals surface area contributed by atoms with Crippen molar-refractivity contribution in [2.24, 2.45) is 5.41 Å². The van der Waals surface area contributed by atoms with Gasteiger partial charge in [-0.15, -0.1) is 12.4 Å². The van der Waals surface area contributed by atoms with E-state index in [9.17, 15) is 9.59 Å². The van der Waals surface area contributed by atoms with Crippen molar-refractivity contribution in [3.05, 3.63) is 29.8 Å². The minimum atomic E-state index is -0.456. The fraction of sp³-hybridized carbons (Fsp3) is 0.500. The number of nitrogen functional groups attached to an aromatic ring is 1. The highest BCUT2D eigenvalue weighted by molar-refractivity contribution is 5.99. The van der Waals surface area contributed by atoms with Gasteiger partial charge in [-0.3, -0.25) is 9.59 Å². The fourth-order valence-corrected chi connectivity index (χ4v) is 3.04. The van der Waals surface area contributed by atoms with Crippen molar-refractivity contribution in [1.29, 1.82) is 0 Å². The summed E-state index contributed by atoms with van der Waals surface area (Å²) in [7, 11) is 3.53. The average Bonchev–Trinajstić information content (AvgIpc) is 2.94. The first-order valence-electron chi connectivity index (χ1n) is 7.31. The highest BCUT2D eigenvalue weighted by Gasteiger charge is 2.42.